The first-order valence-electron chi connectivity index (χ1n) is 6.82. The summed E-state index contributed by atoms with van der Waals surface area (Å²) in [6.45, 7) is 7.00. The van der Waals surface area contributed by atoms with Gasteiger partial charge in [0, 0.05) is 24.5 Å². The van der Waals surface area contributed by atoms with Crippen LogP contribution in [0.25, 0.3) is 0 Å². The van der Waals surface area contributed by atoms with Crippen molar-refractivity contribution in [3.8, 4) is 0 Å². The Balaban J connectivity index is 1.89. The zero-order valence-electron chi connectivity index (χ0n) is 11.2. The maximum atomic E-state index is 4.19. The Morgan fingerprint density at radius 1 is 1.29 bits per heavy atom. The molecule has 1 N–H and O–H groups in total. The molecule has 0 bridgehead atoms. The highest BCUT2D eigenvalue weighted by molar-refractivity contribution is 5.13. The van der Waals surface area contributed by atoms with Gasteiger partial charge in [-0.1, -0.05) is 19.9 Å². The zero-order chi connectivity index (χ0) is 12.3. The van der Waals surface area contributed by atoms with Crippen LogP contribution in [0.2, 0.25) is 0 Å². The van der Waals surface area contributed by atoms with E-state index >= 15 is 0 Å². The highest BCUT2D eigenvalue weighted by Crippen LogP contribution is 2.30. The molecule has 1 heterocycles. The standard InChI is InChI=1S/C15H24N2/c1-11-6-7-15(9-12(11)2)17-13(3)14-5-4-8-16-10-14/h4-5,8,10-13,15,17H,6-7,9H2,1-3H3. The number of nitrogens with zero attached hydrogens (tertiary/aromatic N) is 1. The van der Waals surface area contributed by atoms with E-state index in [9.17, 15) is 0 Å². The maximum Gasteiger partial charge on any atom is 0.0315 e. The smallest absolute Gasteiger partial charge is 0.0315 e. The van der Waals surface area contributed by atoms with E-state index < -0.39 is 0 Å². The molecule has 1 fully saturated rings. The van der Waals surface area contributed by atoms with Gasteiger partial charge in [0.15, 0.2) is 0 Å². The number of aromatic nitrogens is 1. The van der Waals surface area contributed by atoms with Crippen LogP contribution < -0.4 is 5.32 Å². The van der Waals surface area contributed by atoms with Crippen molar-refractivity contribution in [1.29, 1.82) is 0 Å². The van der Waals surface area contributed by atoms with Gasteiger partial charge in [-0.25, -0.2) is 0 Å². The van der Waals surface area contributed by atoms with Crippen molar-refractivity contribution in [2.45, 2.75) is 52.1 Å². The van der Waals surface area contributed by atoms with Crippen molar-refractivity contribution in [2.75, 3.05) is 0 Å². The highest BCUT2D eigenvalue weighted by atomic mass is 14.9. The lowest BCUT2D eigenvalue weighted by Crippen LogP contribution is -2.37. The van der Waals surface area contributed by atoms with Crippen molar-refractivity contribution in [2.24, 2.45) is 11.8 Å². The van der Waals surface area contributed by atoms with E-state index in [0.29, 0.717) is 12.1 Å². The molecule has 0 aliphatic heterocycles. The molecule has 4 unspecified atom stereocenters. The summed E-state index contributed by atoms with van der Waals surface area (Å²) in [6, 6.07) is 5.25. The van der Waals surface area contributed by atoms with Crippen LogP contribution in [0.5, 0.6) is 0 Å². The minimum atomic E-state index is 0.411. The van der Waals surface area contributed by atoms with Gasteiger partial charge in [0.2, 0.25) is 0 Å². The fourth-order valence-electron chi connectivity index (χ4n) is 2.78. The molecule has 2 rings (SSSR count). The Kier molecular flexibility index (Phi) is 4.16. The summed E-state index contributed by atoms with van der Waals surface area (Å²) >= 11 is 0. The number of pyridine rings is 1. The summed E-state index contributed by atoms with van der Waals surface area (Å²) in [7, 11) is 0. The average molecular weight is 232 g/mol. The third-order valence-corrected chi connectivity index (χ3v) is 4.27. The molecule has 0 amide bonds. The van der Waals surface area contributed by atoms with Crippen LogP contribution in [-0.4, -0.2) is 11.0 Å². The van der Waals surface area contributed by atoms with E-state index in [1.165, 1.54) is 24.8 Å². The second kappa shape index (κ2) is 5.63. The van der Waals surface area contributed by atoms with Gasteiger partial charge in [0.25, 0.3) is 0 Å². The Hall–Kier alpha value is -0.890. The topological polar surface area (TPSA) is 24.9 Å². The first-order chi connectivity index (χ1) is 8.16. The molecule has 2 heteroatoms. The first kappa shape index (κ1) is 12.6. The molecule has 0 spiro atoms. The van der Waals surface area contributed by atoms with Crippen LogP contribution >= 0.6 is 0 Å². The minimum Gasteiger partial charge on any atom is -0.307 e. The third kappa shape index (κ3) is 3.29. The highest BCUT2D eigenvalue weighted by Gasteiger charge is 2.25. The molecule has 1 aromatic heterocycles. The van der Waals surface area contributed by atoms with Crippen molar-refractivity contribution < 1.29 is 0 Å². The summed E-state index contributed by atoms with van der Waals surface area (Å²) in [6.07, 6.45) is 7.79. The molecule has 0 saturated heterocycles. The third-order valence-electron chi connectivity index (χ3n) is 4.27. The molecule has 17 heavy (non-hydrogen) atoms. The summed E-state index contributed by atoms with van der Waals surface area (Å²) in [5.41, 5.74) is 1.29. The zero-order valence-corrected chi connectivity index (χ0v) is 11.2. The van der Waals surface area contributed by atoms with Crippen LogP contribution in [0.4, 0.5) is 0 Å². The van der Waals surface area contributed by atoms with Crippen LogP contribution in [0.15, 0.2) is 24.5 Å². The molecular formula is C15H24N2. The molecule has 0 aromatic carbocycles. The second-order valence-electron chi connectivity index (χ2n) is 5.64. The predicted molar refractivity (Wildman–Crippen MR) is 71.8 cm³/mol. The number of rotatable bonds is 3. The van der Waals surface area contributed by atoms with Gasteiger partial charge in [-0.3, -0.25) is 4.98 Å². The summed E-state index contributed by atoms with van der Waals surface area (Å²) in [5, 5.41) is 3.75. The number of hydrogen-bond acceptors (Lipinski definition) is 2. The lowest BCUT2D eigenvalue weighted by Gasteiger charge is -2.34. The SMILES string of the molecule is CC(NC1CCC(C)C(C)C1)c1cccnc1. The Bertz CT molecular complexity index is 336. The van der Waals surface area contributed by atoms with Gasteiger partial charge >= 0.3 is 0 Å². The van der Waals surface area contributed by atoms with Gasteiger partial charge in [0.1, 0.15) is 0 Å². The van der Waals surface area contributed by atoms with Crippen molar-refractivity contribution in [3.63, 3.8) is 0 Å². The maximum absolute atomic E-state index is 4.19. The van der Waals surface area contributed by atoms with Crippen molar-refractivity contribution in [1.82, 2.24) is 10.3 Å². The van der Waals surface area contributed by atoms with Gasteiger partial charge in [0.05, 0.1) is 0 Å². The van der Waals surface area contributed by atoms with Crippen LogP contribution in [0.1, 0.15) is 51.6 Å². The van der Waals surface area contributed by atoms with E-state index in [4.69, 9.17) is 0 Å². The van der Waals surface area contributed by atoms with E-state index in [2.05, 4.69) is 37.1 Å². The Morgan fingerprint density at radius 2 is 2.12 bits per heavy atom. The second-order valence-corrected chi connectivity index (χ2v) is 5.64. The normalized spacial score (nSPS) is 31.1. The molecule has 1 saturated carbocycles. The van der Waals surface area contributed by atoms with Crippen LogP contribution in [0, 0.1) is 11.8 Å². The average Bonchev–Trinajstić information content (AvgIpc) is 2.35. The summed E-state index contributed by atoms with van der Waals surface area (Å²) in [4.78, 5) is 4.19. The number of hydrogen-bond donors (Lipinski definition) is 1. The molecule has 2 nitrogen and oxygen atoms in total. The van der Waals surface area contributed by atoms with E-state index in [1.54, 1.807) is 0 Å². The van der Waals surface area contributed by atoms with Gasteiger partial charge in [-0.05, 0) is 49.7 Å². The monoisotopic (exact) mass is 232 g/mol. The fourth-order valence-corrected chi connectivity index (χ4v) is 2.78. The molecule has 1 aliphatic carbocycles. The predicted octanol–water partition coefficient (Wildman–Crippen LogP) is 3.56. The lowest BCUT2D eigenvalue weighted by atomic mass is 9.79. The molecule has 1 aromatic rings. The van der Waals surface area contributed by atoms with E-state index in [-0.39, 0.29) is 0 Å². The molecule has 0 radical (unpaired) electrons. The summed E-state index contributed by atoms with van der Waals surface area (Å²) in [5.74, 6) is 1.74. The largest absolute Gasteiger partial charge is 0.307 e. The van der Waals surface area contributed by atoms with Gasteiger partial charge in [-0.2, -0.15) is 0 Å². The van der Waals surface area contributed by atoms with Crippen molar-refractivity contribution >= 4 is 0 Å². The number of nitrogens with one attached hydrogen (secondary N) is 1. The molecule has 1 aliphatic rings. The van der Waals surface area contributed by atoms with Crippen LogP contribution in [0.3, 0.4) is 0 Å². The van der Waals surface area contributed by atoms with E-state index in [0.717, 1.165) is 11.8 Å². The Labute approximate surface area is 105 Å². The van der Waals surface area contributed by atoms with E-state index in [1.807, 2.05) is 18.5 Å². The fraction of sp³-hybridized carbons (Fsp3) is 0.667. The van der Waals surface area contributed by atoms with Crippen LogP contribution in [-0.2, 0) is 0 Å². The first-order valence-corrected chi connectivity index (χ1v) is 6.82. The Morgan fingerprint density at radius 3 is 2.76 bits per heavy atom. The van der Waals surface area contributed by atoms with Gasteiger partial charge < -0.3 is 5.32 Å². The lowest BCUT2D eigenvalue weighted by molar-refractivity contribution is 0.217. The molecule has 94 valence electrons. The van der Waals surface area contributed by atoms with Gasteiger partial charge in [-0.15, -0.1) is 0 Å². The molecular weight excluding hydrogens is 208 g/mol. The minimum absolute atomic E-state index is 0.411. The molecule has 4 atom stereocenters. The quantitative estimate of drug-likeness (QED) is 0.862. The summed E-state index contributed by atoms with van der Waals surface area (Å²) < 4.78 is 0. The van der Waals surface area contributed by atoms with Crippen molar-refractivity contribution in [3.05, 3.63) is 30.1 Å².